The quantitative estimate of drug-likeness (QED) is 0.260. The van der Waals surface area contributed by atoms with Crippen LogP contribution >= 0.6 is 0 Å². The van der Waals surface area contributed by atoms with Gasteiger partial charge in [-0.15, -0.1) is 0 Å². The van der Waals surface area contributed by atoms with Crippen LogP contribution in [0.15, 0.2) is 72.8 Å². The van der Waals surface area contributed by atoms with Crippen molar-refractivity contribution in [3.63, 3.8) is 0 Å². The van der Waals surface area contributed by atoms with Crippen LogP contribution in [0.4, 0.5) is 5.69 Å². The van der Waals surface area contributed by atoms with E-state index in [0.717, 1.165) is 25.7 Å². The summed E-state index contributed by atoms with van der Waals surface area (Å²) in [5, 5.41) is 15.2. The Bertz CT molecular complexity index is 1330. The van der Waals surface area contributed by atoms with E-state index in [2.05, 4.69) is 10.6 Å². The van der Waals surface area contributed by atoms with Gasteiger partial charge in [-0.1, -0.05) is 37.1 Å². The number of esters is 1. The van der Waals surface area contributed by atoms with Crippen LogP contribution in [0.25, 0.3) is 0 Å². The van der Waals surface area contributed by atoms with Gasteiger partial charge in [0.15, 0.2) is 11.5 Å². The van der Waals surface area contributed by atoms with Crippen molar-refractivity contribution in [1.82, 2.24) is 5.32 Å². The summed E-state index contributed by atoms with van der Waals surface area (Å²) in [6.07, 6.45) is 3.85. The highest BCUT2D eigenvalue weighted by atomic mass is 16.6. The molecule has 0 heterocycles. The lowest BCUT2D eigenvalue weighted by molar-refractivity contribution is -0.139. The lowest BCUT2D eigenvalue weighted by Crippen LogP contribution is -2.42. The van der Waals surface area contributed by atoms with Gasteiger partial charge in [0.25, 0.3) is 5.91 Å². The molecule has 1 atom stereocenters. The predicted molar refractivity (Wildman–Crippen MR) is 144 cm³/mol. The minimum Gasteiger partial charge on any atom is -0.493 e. The molecular formula is C30H30N2O7. The van der Waals surface area contributed by atoms with E-state index < -0.39 is 23.9 Å². The standard InChI is InChI=1S/C30H30N2O7/c1-38-26-18-19(11-16-25(26)39-30(37)22-9-3-2-4-10-22)17-24(29(35)36)32-28(34)21-12-14-23(15-13-21)31-27(33)20-7-5-6-8-20/h2-4,9-16,18,20,24H,5-8,17H2,1H3,(H,31,33)(H,32,34)(H,35,36). The molecule has 3 N–H and O–H groups in total. The van der Waals surface area contributed by atoms with Gasteiger partial charge in [0.2, 0.25) is 5.91 Å². The number of nitrogens with one attached hydrogen (secondary N) is 2. The molecule has 1 aliphatic rings. The number of aliphatic carboxylic acids is 1. The molecule has 0 bridgehead atoms. The van der Waals surface area contributed by atoms with E-state index in [9.17, 15) is 24.3 Å². The van der Waals surface area contributed by atoms with Crippen LogP contribution in [0.3, 0.4) is 0 Å². The highest BCUT2D eigenvalue weighted by Crippen LogP contribution is 2.29. The van der Waals surface area contributed by atoms with Crippen molar-refractivity contribution in [2.75, 3.05) is 12.4 Å². The van der Waals surface area contributed by atoms with E-state index in [1.54, 1.807) is 54.6 Å². The van der Waals surface area contributed by atoms with E-state index in [1.807, 2.05) is 0 Å². The first-order valence-electron chi connectivity index (χ1n) is 12.7. The molecule has 0 aliphatic heterocycles. The molecule has 9 nitrogen and oxygen atoms in total. The summed E-state index contributed by atoms with van der Waals surface area (Å²) in [5.74, 6) is -1.88. The molecule has 1 saturated carbocycles. The van der Waals surface area contributed by atoms with Gasteiger partial charge in [-0.3, -0.25) is 9.59 Å². The first kappa shape index (κ1) is 27.4. The average molecular weight is 531 g/mol. The molecule has 1 fully saturated rings. The molecule has 39 heavy (non-hydrogen) atoms. The van der Waals surface area contributed by atoms with Gasteiger partial charge < -0.3 is 25.2 Å². The molecular weight excluding hydrogens is 500 g/mol. The molecule has 3 aromatic rings. The maximum atomic E-state index is 12.8. The van der Waals surface area contributed by atoms with Crippen molar-refractivity contribution >= 4 is 29.4 Å². The number of carbonyl (C=O) groups is 4. The summed E-state index contributed by atoms with van der Waals surface area (Å²) in [7, 11) is 1.41. The largest absolute Gasteiger partial charge is 0.493 e. The van der Waals surface area contributed by atoms with Crippen molar-refractivity contribution in [2.24, 2.45) is 5.92 Å². The van der Waals surface area contributed by atoms with Crippen LogP contribution in [0, 0.1) is 5.92 Å². The van der Waals surface area contributed by atoms with Gasteiger partial charge >= 0.3 is 11.9 Å². The van der Waals surface area contributed by atoms with Crippen LogP contribution in [0.2, 0.25) is 0 Å². The predicted octanol–water partition coefficient (Wildman–Crippen LogP) is 4.47. The zero-order valence-electron chi connectivity index (χ0n) is 21.5. The molecule has 202 valence electrons. The molecule has 4 rings (SSSR count). The second-order valence-electron chi connectivity index (χ2n) is 9.36. The smallest absolute Gasteiger partial charge is 0.343 e. The van der Waals surface area contributed by atoms with Gasteiger partial charge in [0.1, 0.15) is 6.04 Å². The third-order valence-electron chi connectivity index (χ3n) is 6.62. The zero-order chi connectivity index (χ0) is 27.8. The normalized spacial score (nSPS) is 13.8. The van der Waals surface area contributed by atoms with Gasteiger partial charge in [-0.25, -0.2) is 9.59 Å². The molecule has 1 aliphatic carbocycles. The second-order valence-corrected chi connectivity index (χ2v) is 9.36. The monoisotopic (exact) mass is 530 g/mol. The van der Waals surface area contributed by atoms with Gasteiger partial charge in [0.05, 0.1) is 12.7 Å². The second kappa shape index (κ2) is 12.7. The van der Waals surface area contributed by atoms with E-state index >= 15 is 0 Å². The number of carboxylic acids is 1. The number of methoxy groups -OCH3 is 1. The van der Waals surface area contributed by atoms with Crippen molar-refractivity contribution in [3.05, 3.63) is 89.5 Å². The third-order valence-corrected chi connectivity index (χ3v) is 6.62. The van der Waals surface area contributed by atoms with Crippen molar-refractivity contribution in [2.45, 2.75) is 38.1 Å². The number of carboxylic acid groups (broad SMARTS) is 1. The maximum absolute atomic E-state index is 12.8. The minimum atomic E-state index is -1.22. The molecule has 9 heteroatoms. The minimum absolute atomic E-state index is 0.0212. The Morgan fingerprint density at radius 1 is 0.897 bits per heavy atom. The SMILES string of the molecule is COc1cc(CC(NC(=O)c2ccc(NC(=O)C3CCCC3)cc2)C(=O)O)ccc1OC(=O)c1ccccc1. The zero-order valence-corrected chi connectivity index (χ0v) is 21.5. The molecule has 3 aromatic carbocycles. The number of carbonyl (C=O) groups excluding carboxylic acids is 3. The first-order valence-corrected chi connectivity index (χ1v) is 12.7. The van der Waals surface area contributed by atoms with E-state index in [1.165, 1.54) is 25.3 Å². The van der Waals surface area contributed by atoms with Crippen molar-refractivity contribution < 1.29 is 33.8 Å². The van der Waals surface area contributed by atoms with Crippen LogP contribution in [0.5, 0.6) is 11.5 Å². The fourth-order valence-corrected chi connectivity index (χ4v) is 4.47. The van der Waals surface area contributed by atoms with E-state index in [-0.39, 0.29) is 35.3 Å². The highest BCUT2D eigenvalue weighted by molar-refractivity contribution is 5.98. The topological polar surface area (TPSA) is 131 Å². The Kier molecular flexibility index (Phi) is 8.94. The van der Waals surface area contributed by atoms with Gasteiger partial charge in [-0.05, 0) is 66.9 Å². The number of hydrogen-bond donors (Lipinski definition) is 3. The molecule has 2 amide bonds. The highest BCUT2D eigenvalue weighted by Gasteiger charge is 2.24. The molecule has 0 aromatic heterocycles. The van der Waals surface area contributed by atoms with Crippen molar-refractivity contribution in [3.8, 4) is 11.5 Å². The van der Waals surface area contributed by atoms with E-state index in [0.29, 0.717) is 16.8 Å². The Morgan fingerprint density at radius 2 is 1.59 bits per heavy atom. The number of ether oxygens (including phenoxy) is 2. The molecule has 0 radical (unpaired) electrons. The summed E-state index contributed by atoms with van der Waals surface area (Å²) in [4.78, 5) is 49.4. The number of rotatable bonds is 10. The summed E-state index contributed by atoms with van der Waals surface area (Å²) in [5.41, 5.74) is 1.78. The third kappa shape index (κ3) is 7.22. The van der Waals surface area contributed by atoms with Crippen LogP contribution < -0.4 is 20.1 Å². The maximum Gasteiger partial charge on any atom is 0.343 e. The summed E-state index contributed by atoms with van der Waals surface area (Å²) < 4.78 is 10.8. The molecule has 1 unspecified atom stereocenters. The number of anilines is 1. The average Bonchev–Trinajstić information content (AvgIpc) is 3.49. The number of hydrogen-bond acceptors (Lipinski definition) is 6. The van der Waals surface area contributed by atoms with Crippen LogP contribution in [-0.2, 0) is 16.0 Å². The Hall–Kier alpha value is -4.66. The number of benzene rings is 3. The summed E-state index contributed by atoms with van der Waals surface area (Å²) >= 11 is 0. The Balaban J connectivity index is 1.38. The first-order chi connectivity index (χ1) is 18.8. The Morgan fingerprint density at radius 3 is 2.23 bits per heavy atom. The fourth-order valence-electron chi connectivity index (χ4n) is 4.47. The van der Waals surface area contributed by atoms with Crippen LogP contribution in [0.1, 0.15) is 52.0 Å². The van der Waals surface area contributed by atoms with Gasteiger partial charge in [0, 0.05) is 23.6 Å². The van der Waals surface area contributed by atoms with E-state index in [4.69, 9.17) is 9.47 Å². The Labute approximate surface area is 226 Å². The molecule has 0 saturated heterocycles. The lowest BCUT2D eigenvalue weighted by Gasteiger charge is -2.16. The molecule has 0 spiro atoms. The summed E-state index contributed by atoms with van der Waals surface area (Å²) in [6, 6.07) is 18.3. The van der Waals surface area contributed by atoms with Crippen LogP contribution in [-0.4, -0.2) is 42.0 Å². The van der Waals surface area contributed by atoms with Gasteiger partial charge in [-0.2, -0.15) is 0 Å². The number of amides is 2. The fraction of sp³-hybridized carbons (Fsp3) is 0.267. The summed E-state index contributed by atoms with van der Waals surface area (Å²) in [6.45, 7) is 0. The van der Waals surface area contributed by atoms with Crippen molar-refractivity contribution in [1.29, 1.82) is 0 Å². The lowest BCUT2D eigenvalue weighted by atomic mass is 10.0.